The SMILES string of the molecule is CCCCCCC(=O)CCCCCCCCCCCOS(C)(=O)=O. The molecule has 0 fully saturated rings. The van der Waals surface area contributed by atoms with E-state index in [0.29, 0.717) is 12.4 Å². The van der Waals surface area contributed by atoms with Crippen LogP contribution < -0.4 is 0 Å². The molecule has 0 amide bonds. The first-order valence-electron chi connectivity index (χ1n) is 9.82. The second-order valence-corrected chi connectivity index (χ2v) is 8.45. The van der Waals surface area contributed by atoms with E-state index in [1.807, 2.05) is 0 Å². The molecule has 0 heterocycles. The fourth-order valence-corrected chi connectivity index (χ4v) is 3.17. The lowest BCUT2D eigenvalue weighted by Gasteiger charge is -2.03. The molecule has 0 atom stereocenters. The Morgan fingerprint density at radius 3 is 1.58 bits per heavy atom. The van der Waals surface area contributed by atoms with E-state index in [9.17, 15) is 13.2 Å². The minimum Gasteiger partial charge on any atom is -0.300 e. The molecule has 0 aromatic heterocycles. The third kappa shape index (κ3) is 19.6. The van der Waals surface area contributed by atoms with Crippen LogP contribution in [0.1, 0.15) is 103 Å². The van der Waals surface area contributed by atoms with Crippen LogP contribution in [0.25, 0.3) is 0 Å². The summed E-state index contributed by atoms with van der Waals surface area (Å²) in [5.41, 5.74) is 0. The third-order valence-electron chi connectivity index (χ3n) is 4.21. The molecule has 0 unspecified atom stereocenters. The fourth-order valence-electron chi connectivity index (χ4n) is 2.75. The summed E-state index contributed by atoms with van der Waals surface area (Å²) in [4.78, 5) is 11.7. The number of rotatable bonds is 18. The molecular weight excluding hydrogens is 324 g/mol. The zero-order chi connectivity index (χ0) is 18.1. The van der Waals surface area contributed by atoms with Crippen LogP contribution in [0, 0.1) is 0 Å². The maximum Gasteiger partial charge on any atom is 0.264 e. The largest absolute Gasteiger partial charge is 0.300 e. The van der Waals surface area contributed by atoms with Crippen molar-refractivity contribution in [2.45, 2.75) is 103 Å². The summed E-state index contributed by atoms with van der Waals surface area (Å²) in [5, 5.41) is 0. The monoisotopic (exact) mass is 362 g/mol. The Morgan fingerprint density at radius 1 is 0.708 bits per heavy atom. The van der Waals surface area contributed by atoms with Gasteiger partial charge in [-0.05, 0) is 19.3 Å². The minimum absolute atomic E-state index is 0.311. The van der Waals surface area contributed by atoms with Crippen LogP contribution in [0.4, 0.5) is 0 Å². The second kappa shape index (κ2) is 16.1. The van der Waals surface area contributed by atoms with Gasteiger partial charge >= 0.3 is 0 Å². The molecule has 0 aliphatic carbocycles. The Balaban J connectivity index is 3.18. The van der Waals surface area contributed by atoms with Crippen LogP contribution in [0.2, 0.25) is 0 Å². The lowest BCUT2D eigenvalue weighted by Crippen LogP contribution is -2.03. The molecule has 0 aromatic carbocycles. The van der Waals surface area contributed by atoms with Crippen LogP contribution in [-0.2, 0) is 19.1 Å². The summed E-state index contributed by atoms with van der Waals surface area (Å²) in [6.07, 6.45) is 17.5. The normalized spacial score (nSPS) is 11.8. The van der Waals surface area contributed by atoms with Gasteiger partial charge in [-0.15, -0.1) is 0 Å². The van der Waals surface area contributed by atoms with Gasteiger partial charge in [0.1, 0.15) is 5.78 Å². The average molecular weight is 363 g/mol. The zero-order valence-corrected chi connectivity index (χ0v) is 16.7. The van der Waals surface area contributed by atoms with Crippen molar-refractivity contribution in [3.8, 4) is 0 Å². The quantitative estimate of drug-likeness (QED) is 0.242. The maximum absolute atomic E-state index is 11.7. The third-order valence-corrected chi connectivity index (χ3v) is 4.80. The van der Waals surface area contributed by atoms with Gasteiger partial charge in [0.2, 0.25) is 0 Å². The summed E-state index contributed by atoms with van der Waals surface area (Å²) in [7, 11) is -3.27. The standard InChI is InChI=1S/C19H38O4S/c1-3-4-5-13-16-19(20)17-14-11-9-7-6-8-10-12-15-18-23-24(2,21)22/h3-18H2,1-2H3. The highest BCUT2D eigenvalue weighted by atomic mass is 32.2. The van der Waals surface area contributed by atoms with Gasteiger partial charge in [0, 0.05) is 12.8 Å². The second-order valence-electron chi connectivity index (χ2n) is 6.81. The van der Waals surface area contributed by atoms with Crippen molar-refractivity contribution in [1.82, 2.24) is 0 Å². The van der Waals surface area contributed by atoms with Gasteiger partial charge in [0.05, 0.1) is 12.9 Å². The van der Waals surface area contributed by atoms with Gasteiger partial charge in [-0.3, -0.25) is 8.98 Å². The molecule has 144 valence electrons. The Kier molecular flexibility index (Phi) is 15.8. The number of unbranched alkanes of at least 4 members (excludes halogenated alkanes) is 11. The summed E-state index contributed by atoms with van der Waals surface area (Å²) in [6.45, 7) is 2.50. The highest BCUT2D eigenvalue weighted by molar-refractivity contribution is 7.85. The van der Waals surface area contributed by atoms with E-state index in [1.165, 1.54) is 51.4 Å². The smallest absolute Gasteiger partial charge is 0.264 e. The molecule has 24 heavy (non-hydrogen) atoms. The van der Waals surface area contributed by atoms with Crippen molar-refractivity contribution in [2.24, 2.45) is 0 Å². The summed E-state index contributed by atoms with van der Waals surface area (Å²) in [6, 6.07) is 0. The number of carbonyl (C=O) groups is 1. The van der Waals surface area contributed by atoms with E-state index in [4.69, 9.17) is 4.18 Å². The Labute approximate surface area is 149 Å². The van der Waals surface area contributed by atoms with Crippen LogP contribution in [0.15, 0.2) is 0 Å². The van der Waals surface area contributed by atoms with E-state index in [2.05, 4.69) is 6.92 Å². The van der Waals surface area contributed by atoms with Gasteiger partial charge in [0.15, 0.2) is 0 Å². The molecule has 0 aromatic rings. The zero-order valence-electron chi connectivity index (χ0n) is 15.9. The van der Waals surface area contributed by atoms with Crippen molar-refractivity contribution < 1.29 is 17.4 Å². The number of Topliss-reactive ketones (excluding diaryl/α,β-unsaturated/α-hetero) is 1. The molecule has 5 heteroatoms. The van der Waals surface area contributed by atoms with E-state index < -0.39 is 10.1 Å². The Hall–Kier alpha value is -0.420. The average Bonchev–Trinajstić information content (AvgIpc) is 2.51. The molecular formula is C19H38O4S. The lowest BCUT2D eigenvalue weighted by atomic mass is 10.0. The van der Waals surface area contributed by atoms with Crippen LogP contribution >= 0.6 is 0 Å². The highest BCUT2D eigenvalue weighted by Gasteiger charge is 2.02. The van der Waals surface area contributed by atoms with E-state index >= 15 is 0 Å². The molecule has 0 N–H and O–H groups in total. The molecule has 0 saturated carbocycles. The first kappa shape index (κ1) is 23.6. The van der Waals surface area contributed by atoms with Crippen molar-refractivity contribution in [2.75, 3.05) is 12.9 Å². The van der Waals surface area contributed by atoms with Gasteiger partial charge in [0.25, 0.3) is 10.1 Å². The van der Waals surface area contributed by atoms with Gasteiger partial charge in [-0.2, -0.15) is 8.42 Å². The number of ketones is 1. The van der Waals surface area contributed by atoms with Gasteiger partial charge in [-0.25, -0.2) is 0 Å². The van der Waals surface area contributed by atoms with Crippen LogP contribution in [-0.4, -0.2) is 27.1 Å². The summed E-state index contributed by atoms with van der Waals surface area (Å²) < 4.78 is 26.2. The maximum atomic E-state index is 11.7. The van der Waals surface area contributed by atoms with Gasteiger partial charge in [-0.1, -0.05) is 71.1 Å². The first-order valence-corrected chi connectivity index (χ1v) is 11.6. The molecule has 4 nitrogen and oxygen atoms in total. The predicted molar refractivity (Wildman–Crippen MR) is 101 cm³/mol. The fraction of sp³-hybridized carbons (Fsp3) is 0.947. The molecule has 0 bridgehead atoms. The van der Waals surface area contributed by atoms with E-state index in [-0.39, 0.29) is 0 Å². The summed E-state index contributed by atoms with van der Waals surface area (Å²) >= 11 is 0. The molecule has 0 aliphatic rings. The Morgan fingerprint density at radius 2 is 1.12 bits per heavy atom. The molecule has 0 spiro atoms. The van der Waals surface area contributed by atoms with Crippen LogP contribution in [0.3, 0.4) is 0 Å². The highest BCUT2D eigenvalue weighted by Crippen LogP contribution is 2.12. The van der Waals surface area contributed by atoms with Crippen molar-refractivity contribution in [3.63, 3.8) is 0 Å². The first-order chi connectivity index (χ1) is 11.5. The van der Waals surface area contributed by atoms with Gasteiger partial charge < -0.3 is 0 Å². The Bertz CT molecular complexity index is 390. The minimum atomic E-state index is -3.27. The number of carbonyl (C=O) groups excluding carboxylic acids is 1. The van der Waals surface area contributed by atoms with Crippen molar-refractivity contribution in [3.05, 3.63) is 0 Å². The molecule has 0 saturated heterocycles. The lowest BCUT2D eigenvalue weighted by molar-refractivity contribution is -0.119. The number of hydrogen-bond acceptors (Lipinski definition) is 4. The molecule has 0 aliphatic heterocycles. The predicted octanol–water partition coefficient (Wildman–Crippen LogP) is 5.40. The number of hydrogen-bond donors (Lipinski definition) is 0. The molecule has 0 radical (unpaired) electrons. The van der Waals surface area contributed by atoms with E-state index in [0.717, 1.165) is 51.2 Å². The molecule has 0 rings (SSSR count). The summed E-state index contributed by atoms with van der Waals surface area (Å²) in [5.74, 6) is 0.447. The van der Waals surface area contributed by atoms with Crippen molar-refractivity contribution in [1.29, 1.82) is 0 Å². The van der Waals surface area contributed by atoms with Crippen molar-refractivity contribution >= 4 is 15.9 Å². The van der Waals surface area contributed by atoms with Crippen LogP contribution in [0.5, 0.6) is 0 Å². The topological polar surface area (TPSA) is 60.4 Å². The van der Waals surface area contributed by atoms with E-state index in [1.54, 1.807) is 0 Å².